The highest BCUT2D eigenvalue weighted by Gasteiger charge is 2.39. The van der Waals surface area contributed by atoms with Crippen LogP contribution in [0.2, 0.25) is 0 Å². The Kier molecular flexibility index (Phi) is 11.2. The molecule has 0 aliphatic heterocycles. The second-order valence-corrected chi connectivity index (χ2v) is 12.5. The lowest BCUT2D eigenvalue weighted by atomic mass is 9.62. The molecule has 0 radical (unpaired) electrons. The fourth-order valence-corrected chi connectivity index (χ4v) is 7.20. The van der Waals surface area contributed by atoms with E-state index in [-0.39, 0.29) is 5.41 Å². The van der Waals surface area contributed by atoms with Crippen molar-refractivity contribution in [1.82, 2.24) is 9.97 Å². The van der Waals surface area contributed by atoms with Crippen LogP contribution < -0.4 is 0 Å². The van der Waals surface area contributed by atoms with Gasteiger partial charge in [-0.15, -0.1) is 0 Å². The Morgan fingerprint density at radius 1 is 0.763 bits per heavy atom. The van der Waals surface area contributed by atoms with Crippen molar-refractivity contribution >= 4 is 0 Å². The number of unbranched alkanes of at least 4 members (excludes halogenated alkanes) is 6. The molecule has 1 aromatic carbocycles. The van der Waals surface area contributed by atoms with Gasteiger partial charge in [0, 0.05) is 18.0 Å². The maximum Gasteiger partial charge on any atom is 0.159 e. The van der Waals surface area contributed by atoms with E-state index in [1.165, 1.54) is 107 Å². The average Bonchev–Trinajstić information content (AvgIpc) is 2.98. The zero-order valence-electron chi connectivity index (χ0n) is 24.3. The summed E-state index contributed by atoms with van der Waals surface area (Å²) in [5.74, 6) is 3.49. The van der Waals surface area contributed by atoms with Crippen LogP contribution in [-0.4, -0.2) is 9.97 Å². The number of nitriles is 1. The first-order valence-electron chi connectivity index (χ1n) is 16.0. The minimum atomic E-state index is -0.325. The van der Waals surface area contributed by atoms with Gasteiger partial charge in [-0.25, -0.2) is 9.97 Å². The quantitative estimate of drug-likeness (QED) is 0.250. The number of aromatic nitrogens is 2. The van der Waals surface area contributed by atoms with E-state index in [1.807, 2.05) is 12.4 Å². The van der Waals surface area contributed by atoms with Crippen molar-refractivity contribution in [3.63, 3.8) is 0 Å². The van der Waals surface area contributed by atoms with Gasteiger partial charge in [0.15, 0.2) is 5.82 Å². The van der Waals surface area contributed by atoms with Crippen molar-refractivity contribution < 1.29 is 0 Å². The second-order valence-electron chi connectivity index (χ2n) is 12.5. The summed E-state index contributed by atoms with van der Waals surface area (Å²) in [7, 11) is 0. The highest BCUT2D eigenvalue weighted by atomic mass is 14.9. The number of rotatable bonds is 13. The minimum Gasteiger partial charge on any atom is -0.236 e. The predicted molar refractivity (Wildman–Crippen MR) is 159 cm³/mol. The lowest BCUT2D eigenvalue weighted by Crippen LogP contribution is -2.33. The number of hydrogen-bond donors (Lipinski definition) is 0. The van der Waals surface area contributed by atoms with Crippen LogP contribution in [-0.2, 0) is 11.8 Å². The first-order valence-corrected chi connectivity index (χ1v) is 16.0. The number of benzene rings is 1. The minimum absolute atomic E-state index is 0.325. The summed E-state index contributed by atoms with van der Waals surface area (Å²) >= 11 is 0. The standard InChI is InChI=1S/C35H51N3/c1-3-5-7-8-10-12-29-25-37-34(38-26-29)32-17-19-33(20-18-32)35(27-36)23-21-31(22-24-35)30-15-13-28(14-16-30)11-9-6-4-2/h17-20,25-26,28,30-31H,3-16,21-24H2,1-2H3. The molecule has 0 saturated heterocycles. The average molecular weight is 514 g/mol. The van der Waals surface area contributed by atoms with E-state index in [4.69, 9.17) is 0 Å². The van der Waals surface area contributed by atoms with Gasteiger partial charge in [-0.1, -0.05) is 102 Å². The summed E-state index contributed by atoms with van der Waals surface area (Å²) in [5.41, 5.74) is 3.13. The second kappa shape index (κ2) is 14.8. The molecular weight excluding hydrogens is 462 g/mol. The maximum atomic E-state index is 10.3. The molecule has 2 fully saturated rings. The van der Waals surface area contributed by atoms with Crippen molar-refractivity contribution in [2.75, 3.05) is 0 Å². The van der Waals surface area contributed by atoms with Gasteiger partial charge in [0.25, 0.3) is 0 Å². The smallest absolute Gasteiger partial charge is 0.159 e. The topological polar surface area (TPSA) is 49.6 Å². The van der Waals surface area contributed by atoms with Gasteiger partial charge >= 0.3 is 0 Å². The maximum absolute atomic E-state index is 10.3. The van der Waals surface area contributed by atoms with Gasteiger partial charge in [0.1, 0.15) is 0 Å². The van der Waals surface area contributed by atoms with Crippen molar-refractivity contribution in [3.05, 3.63) is 47.8 Å². The van der Waals surface area contributed by atoms with Gasteiger partial charge in [-0.05, 0) is 80.2 Å². The molecule has 0 bridgehead atoms. The molecule has 2 saturated carbocycles. The van der Waals surface area contributed by atoms with Crippen molar-refractivity contribution in [2.24, 2.45) is 17.8 Å². The molecule has 0 N–H and O–H groups in total. The van der Waals surface area contributed by atoms with Gasteiger partial charge < -0.3 is 0 Å². The van der Waals surface area contributed by atoms with Crippen molar-refractivity contribution in [2.45, 2.75) is 135 Å². The third-order valence-corrected chi connectivity index (χ3v) is 9.84. The zero-order chi connectivity index (χ0) is 26.6. The third kappa shape index (κ3) is 7.68. The van der Waals surface area contributed by atoms with Crippen LogP contribution >= 0.6 is 0 Å². The Balaban J connectivity index is 1.27. The molecule has 1 heterocycles. The fraction of sp³-hybridized carbons (Fsp3) is 0.686. The molecule has 0 amide bonds. The van der Waals surface area contributed by atoms with E-state index >= 15 is 0 Å². The van der Waals surface area contributed by atoms with Crippen LogP contribution in [0.3, 0.4) is 0 Å². The molecule has 206 valence electrons. The number of nitrogens with zero attached hydrogens (tertiary/aromatic N) is 3. The highest BCUT2D eigenvalue weighted by molar-refractivity contribution is 5.56. The Hall–Kier alpha value is -2.21. The Morgan fingerprint density at radius 2 is 1.37 bits per heavy atom. The summed E-state index contributed by atoms with van der Waals surface area (Å²) in [5, 5.41) is 10.3. The lowest BCUT2D eigenvalue weighted by molar-refractivity contribution is 0.143. The van der Waals surface area contributed by atoms with E-state index in [0.29, 0.717) is 0 Å². The Morgan fingerprint density at radius 3 is 2.00 bits per heavy atom. The number of aryl methyl sites for hydroxylation is 1. The molecule has 2 aromatic rings. The van der Waals surface area contributed by atoms with Crippen LogP contribution in [0.15, 0.2) is 36.7 Å². The van der Waals surface area contributed by atoms with Crippen LogP contribution in [0.4, 0.5) is 0 Å². The molecule has 38 heavy (non-hydrogen) atoms. The van der Waals surface area contributed by atoms with Crippen LogP contribution in [0.5, 0.6) is 0 Å². The SMILES string of the molecule is CCCCCCCc1cnc(-c2ccc(C3(C#N)CCC(C4CCC(CCCCC)CC4)CC3)cc2)nc1. The first kappa shape index (κ1) is 28.8. The molecule has 3 heteroatoms. The number of hydrogen-bond acceptors (Lipinski definition) is 3. The van der Waals surface area contributed by atoms with Gasteiger partial charge in [-0.3, -0.25) is 0 Å². The first-order chi connectivity index (χ1) is 18.7. The Bertz CT molecular complexity index is 971. The van der Waals surface area contributed by atoms with E-state index in [2.05, 4.69) is 54.2 Å². The largest absolute Gasteiger partial charge is 0.236 e. The molecule has 3 nitrogen and oxygen atoms in total. The summed E-state index contributed by atoms with van der Waals surface area (Å²) in [6.45, 7) is 4.56. The van der Waals surface area contributed by atoms with E-state index < -0.39 is 0 Å². The molecule has 2 aliphatic rings. The molecule has 1 aromatic heterocycles. The summed E-state index contributed by atoms with van der Waals surface area (Å²) in [6.07, 6.45) is 27.3. The van der Waals surface area contributed by atoms with Crippen LogP contribution in [0.1, 0.15) is 134 Å². The summed E-state index contributed by atoms with van der Waals surface area (Å²) in [4.78, 5) is 9.31. The lowest BCUT2D eigenvalue weighted by Gasteiger charge is -2.41. The van der Waals surface area contributed by atoms with Crippen LogP contribution in [0, 0.1) is 29.1 Å². The normalized spacial score (nSPS) is 25.7. The monoisotopic (exact) mass is 513 g/mol. The van der Waals surface area contributed by atoms with E-state index in [0.717, 1.165) is 48.4 Å². The van der Waals surface area contributed by atoms with Crippen molar-refractivity contribution in [1.29, 1.82) is 5.26 Å². The highest BCUT2D eigenvalue weighted by Crippen LogP contribution is 2.47. The third-order valence-electron chi connectivity index (χ3n) is 9.84. The summed E-state index contributed by atoms with van der Waals surface area (Å²) in [6, 6.07) is 11.4. The fourth-order valence-electron chi connectivity index (χ4n) is 7.20. The molecule has 0 unspecified atom stereocenters. The molecule has 4 rings (SSSR count). The zero-order valence-corrected chi connectivity index (χ0v) is 24.3. The molecule has 0 atom stereocenters. The van der Waals surface area contributed by atoms with Crippen LogP contribution in [0.25, 0.3) is 11.4 Å². The van der Waals surface area contributed by atoms with E-state index in [9.17, 15) is 5.26 Å². The van der Waals surface area contributed by atoms with E-state index in [1.54, 1.807) is 0 Å². The van der Waals surface area contributed by atoms with Gasteiger partial charge in [-0.2, -0.15) is 5.26 Å². The van der Waals surface area contributed by atoms with Gasteiger partial charge in [0.05, 0.1) is 11.5 Å². The molecular formula is C35H51N3. The van der Waals surface area contributed by atoms with Gasteiger partial charge in [0.2, 0.25) is 0 Å². The summed E-state index contributed by atoms with van der Waals surface area (Å²) < 4.78 is 0. The predicted octanol–water partition coefficient (Wildman–Crippen LogP) is 9.99. The molecule has 2 aliphatic carbocycles. The Labute approximate surface area is 232 Å². The van der Waals surface area contributed by atoms with Crippen molar-refractivity contribution in [3.8, 4) is 17.5 Å². The molecule has 0 spiro atoms.